The Morgan fingerprint density at radius 1 is 1.37 bits per heavy atom. The molecular weight excluding hydrogens is 350 g/mol. The number of hydrogen-bond donors (Lipinski definition) is 1. The molecule has 1 aromatic carbocycles. The van der Waals surface area contributed by atoms with Crippen LogP contribution in [-0.2, 0) is 27.2 Å². The lowest BCUT2D eigenvalue weighted by Crippen LogP contribution is -3.13. The predicted octanol–water partition coefficient (Wildman–Crippen LogP) is 0.731. The number of hydrogen-bond acceptors (Lipinski definition) is 6. The second-order valence-electron chi connectivity index (χ2n) is 7.22. The molecule has 0 saturated carbocycles. The van der Waals surface area contributed by atoms with Gasteiger partial charge in [-0.25, -0.2) is 4.79 Å². The van der Waals surface area contributed by atoms with Crippen molar-refractivity contribution in [1.29, 1.82) is 0 Å². The lowest BCUT2D eigenvalue weighted by Gasteiger charge is -2.28. The number of methoxy groups -OCH3 is 1. The Bertz CT molecular complexity index is 928. The number of benzene rings is 1. The average molecular weight is 374 g/mol. The Balaban J connectivity index is 1.70. The van der Waals surface area contributed by atoms with E-state index < -0.39 is 11.6 Å². The molecule has 144 valence electrons. The summed E-state index contributed by atoms with van der Waals surface area (Å²) in [5, 5.41) is 0.828. The smallest absolute Gasteiger partial charge is 0.340 e. The summed E-state index contributed by atoms with van der Waals surface area (Å²) in [5.41, 5.74) is 2.05. The second-order valence-corrected chi connectivity index (χ2v) is 7.22. The first-order chi connectivity index (χ1) is 13.1. The van der Waals surface area contributed by atoms with Crippen LogP contribution in [0.15, 0.2) is 21.3 Å². The van der Waals surface area contributed by atoms with E-state index in [-0.39, 0.29) is 12.5 Å². The van der Waals surface area contributed by atoms with Gasteiger partial charge in [0.1, 0.15) is 24.9 Å². The van der Waals surface area contributed by atoms with Crippen LogP contribution in [-0.4, -0.2) is 39.1 Å². The number of aryl methyl sites for hydroxylation is 1. The Morgan fingerprint density at radius 3 is 2.96 bits per heavy atom. The van der Waals surface area contributed by atoms with Crippen molar-refractivity contribution < 1.29 is 28.3 Å². The van der Waals surface area contributed by atoms with Gasteiger partial charge < -0.3 is 18.6 Å². The first-order valence-corrected chi connectivity index (χ1v) is 9.29. The van der Waals surface area contributed by atoms with Crippen molar-refractivity contribution in [1.82, 2.24) is 0 Å². The van der Waals surface area contributed by atoms with Crippen LogP contribution < -0.4 is 15.3 Å². The van der Waals surface area contributed by atoms with Gasteiger partial charge in [0.05, 0.1) is 24.7 Å². The van der Waals surface area contributed by atoms with E-state index in [2.05, 4.69) is 4.74 Å². The van der Waals surface area contributed by atoms with E-state index in [1.54, 1.807) is 0 Å². The van der Waals surface area contributed by atoms with Crippen LogP contribution in [0.2, 0.25) is 0 Å². The minimum atomic E-state index is -0.495. The first kappa shape index (κ1) is 18.0. The molecule has 7 nitrogen and oxygen atoms in total. The minimum absolute atomic E-state index is 0.0927. The molecule has 2 aromatic rings. The first-order valence-electron chi connectivity index (χ1n) is 9.29. The van der Waals surface area contributed by atoms with E-state index in [0.29, 0.717) is 24.4 Å². The molecule has 1 N–H and O–H groups in total. The zero-order valence-corrected chi connectivity index (χ0v) is 15.6. The third-order valence-corrected chi connectivity index (χ3v) is 5.46. The quantitative estimate of drug-likeness (QED) is 0.628. The van der Waals surface area contributed by atoms with Gasteiger partial charge in [-0.3, -0.25) is 9.69 Å². The highest BCUT2D eigenvalue weighted by Crippen LogP contribution is 2.31. The van der Waals surface area contributed by atoms with Crippen LogP contribution in [0.5, 0.6) is 5.75 Å². The molecule has 27 heavy (non-hydrogen) atoms. The Kier molecular flexibility index (Phi) is 4.88. The summed E-state index contributed by atoms with van der Waals surface area (Å²) in [7, 11) is 1.31. The number of carbonyl (C=O) groups excluding carboxylic acids is 1. The van der Waals surface area contributed by atoms with Gasteiger partial charge in [-0.05, 0) is 37.5 Å². The highest BCUT2D eigenvalue weighted by Gasteiger charge is 2.29. The van der Waals surface area contributed by atoms with Gasteiger partial charge in [0, 0.05) is 12.0 Å². The highest BCUT2D eigenvalue weighted by molar-refractivity contribution is 5.87. The van der Waals surface area contributed by atoms with Gasteiger partial charge in [0.15, 0.2) is 5.58 Å². The molecule has 1 saturated heterocycles. The van der Waals surface area contributed by atoms with Gasteiger partial charge in [0.2, 0.25) is 6.73 Å². The molecule has 1 fully saturated rings. The van der Waals surface area contributed by atoms with Crippen LogP contribution in [0.4, 0.5) is 0 Å². The Hall–Kier alpha value is -2.38. The molecular formula is C20H24NO6+. The molecule has 7 heteroatoms. The van der Waals surface area contributed by atoms with Crippen molar-refractivity contribution in [3.8, 4) is 5.75 Å². The summed E-state index contributed by atoms with van der Waals surface area (Å²) < 4.78 is 22.0. The zero-order chi connectivity index (χ0) is 19.0. The van der Waals surface area contributed by atoms with Crippen LogP contribution in [0.1, 0.15) is 29.5 Å². The molecule has 1 aromatic heterocycles. The highest BCUT2D eigenvalue weighted by atomic mass is 16.5. The van der Waals surface area contributed by atoms with Gasteiger partial charge in [-0.1, -0.05) is 0 Å². The SMILES string of the molecule is COC(=O)Cc1c(C)c2ccc3c(c2oc1=O)C[NH+](C[C@@H]1CCCO1)CO3. The fraction of sp³-hybridized carbons (Fsp3) is 0.500. The molecule has 0 radical (unpaired) electrons. The van der Waals surface area contributed by atoms with Crippen LogP contribution in [0, 0.1) is 6.92 Å². The van der Waals surface area contributed by atoms with Crippen LogP contribution in [0.25, 0.3) is 11.0 Å². The maximum absolute atomic E-state index is 12.5. The van der Waals surface area contributed by atoms with Gasteiger partial charge in [-0.2, -0.15) is 0 Å². The van der Waals surface area contributed by atoms with E-state index in [0.717, 1.165) is 48.3 Å². The number of carbonyl (C=O) groups is 1. The molecule has 4 rings (SSSR count). The van der Waals surface area contributed by atoms with E-state index in [1.807, 2.05) is 19.1 Å². The molecule has 3 heterocycles. The monoisotopic (exact) mass is 374 g/mol. The largest absolute Gasteiger partial charge is 0.469 e. The molecule has 0 bridgehead atoms. The fourth-order valence-electron chi connectivity index (χ4n) is 3.95. The summed E-state index contributed by atoms with van der Waals surface area (Å²) in [5.74, 6) is 0.292. The standard InChI is InChI=1S/C20H23NO6/c1-12-14-5-6-17-16(10-21(11-26-17)9-13-4-3-7-25-13)19(14)27-20(23)15(12)8-18(22)24-2/h5-6,13H,3-4,7-11H2,1-2H3/p+1/t13-/m0/s1. The molecule has 2 atom stereocenters. The fourth-order valence-corrected chi connectivity index (χ4v) is 3.95. The lowest BCUT2D eigenvalue weighted by molar-refractivity contribution is -0.935. The molecule has 1 unspecified atom stereocenters. The number of ether oxygens (including phenoxy) is 3. The van der Waals surface area contributed by atoms with Crippen molar-refractivity contribution in [3.05, 3.63) is 39.2 Å². The van der Waals surface area contributed by atoms with Crippen molar-refractivity contribution >= 4 is 16.9 Å². The third-order valence-electron chi connectivity index (χ3n) is 5.46. The molecule has 0 spiro atoms. The average Bonchev–Trinajstić information content (AvgIpc) is 3.17. The van der Waals surface area contributed by atoms with Crippen molar-refractivity contribution in [2.45, 2.75) is 38.8 Å². The number of esters is 1. The topological polar surface area (TPSA) is 79.4 Å². The summed E-state index contributed by atoms with van der Waals surface area (Å²) in [4.78, 5) is 25.4. The summed E-state index contributed by atoms with van der Waals surface area (Å²) in [6.07, 6.45) is 2.36. The van der Waals surface area contributed by atoms with Gasteiger partial charge >= 0.3 is 11.6 Å². The maximum atomic E-state index is 12.5. The minimum Gasteiger partial charge on any atom is -0.469 e. The van der Waals surface area contributed by atoms with Gasteiger partial charge in [0.25, 0.3) is 0 Å². The van der Waals surface area contributed by atoms with E-state index in [4.69, 9.17) is 13.9 Å². The zero-order valence-electron chi connectivity index (χ0n) is 15.6. The second kappa shape index (κ2) is 7.32. The molecule has 0 amide bonds. The van der Waals surface area contributed by atoms with Gasteiger partial charge in [-0.15, -0.1) is 0 Å². The van der Waals surface area contributed by atoms with E-state index in [9.17, 15) is 9.59 Å². The lowest BCUT2D eigenvalue weighted by atomic mass is 10.00. The van der Waals surface area contributed by atoms with E-state index in [1.165, 1.54) is 12.0 Å². The number of nitrogens with one attached hydrogen (secondary N) is 1. The molecule has 2 aliphatic rings. The van der Waals surface area contributed by atoms with Crippen molar-refractivity contribution in [2.75, 3.05) is 27.0 Å². The van der Waals surface area contributed by atoms with Crippen LogP contribution >= 0.6 is 0 Å². The van der Waals surface area contributed by atoms with Crippen LogP contribution in [0.3, 0.4) is 0 Å². The maximum Gasteiger partial charge on any atom is 0.340 e. The summed E-state index contributed by atoms with van der Waals surface area (Å²) in [6.45, 7) is 4.83. The summed E-state index contributed by atoms with van der Waals surface area (Å²) in [6, 6.07) is 3.80. The predicted molar refractivity (Wildman–Crippen MR) is 96.9 cm³/mol. The third kappa shape index (κ3) is 3.44. The Morgan fingerprint density at radius 2 is 2.22 bits per heavy atom. The van der Waals surface area contributed by atoms with Crippen molar-refractivity contribution in [3.63, 3.8) is 0 Å². The summed E-state index contributed by atoms with van der Waals surface area (Å²) >= 11 is 0. The van der Waals surface area contributed by atoms with E-state index >= 15 is 0 Å². The van der Waals surface area contributed by atoms with Crippen molar-refractivity contribution in [2.24, 2.45) is 0 Å². The number of rotatable bonds is 4. The number of quaternary nitrogens is 1. The number of fused-ring (bicyclic) bond motifs is 3. The Labute approximate surface area is 156 Å². The molecule has 2 aliphatic heterocycles. The molecule has 0 aliphatic carbocycles. The normalized spacial score (nSPS) is 21.7.